The molecule has 0 radical (unpaired) electrons. The minimum absolute atomic E-state index is 0.0906. The number of nitrogens with zero attached hydrogens (tertiary/aromatic N) is 3. The average Bonchev–Trinajstić information content (AvgIpc) is 1.56. The van der Waals surface area contributed by atoms with Crippen molar-refractivity contribution in [3.63, 3.8) is 0 Å². The molecule has 0 spiro atoms. The molecule has 3 heterocycles. The second-order valence-corrected chi connectivity index (χ2v) is 39.1. The van der Waals surface area contributed by atoms with E-state index in [1.54, 1.807) is 74.8 Å². The fourth-order valence-corrected chi connectivity index (χ4v) is 18.5. The summed E-state index contributed by atoms with van der Waals surface area (Å²) in [6.07, 6.45) is -3.59. The van der Waals surface area contributed by atoms with E-state index in [2.05, 4.69) is 19.8 Å². The molecular formula is C82H97F6N6O29S6+. The number of carbonyl (C=O) groups is 3. The molecule has 2 aliphatic rings. The summed E-state index contributed by atoms with van der Waals surface area (Å²) in [5.74, 6) is -5.93. The van der Waals surface area contributed by atoms with Crippen LogP contribution < -0.4 is 26.0 Å². The van der Waals surface area contributed by atoms with Gasteiger partial charge in [0, 0.05) is 95.9 Å². The third-order valence-corrected chi connectivity index (χ3v) is 25.6. The van der Waals surface area contributed by atoms with Crippen LogP contribution in [0.4, 0.5) is 37.7 Å². The van der Waals surface area contributed by atoms with Crippen LogP contribution in [0.3, 0.4) is 0 Å². The fraction of sp³-hybridized carbons (Fsp3) is 0.427. The van der Waals surface area contributed by atoms with Crippen molar-refractivity contribution < 1.29 is 161 Å². The molecule has 0 bridgehead atoms. The number of nitrogens with one attached hydrogen (secondary N) is 2. The van der Waals surface area contributed by atoms with Crippen LogP contribution in [0.5, 0.6) is 11.6 Å². The lowest BCUT2D eigenvalue weighted by Gasteiger charge is -2.27. The molecule has 35 nitrogen and oxygen atoms in total. The first-order valence-corrected chi connectivity index (χ1v) is 48.7. The Morgan fingerprint density at radius 1 is 0.543 bits per heavy atom. The number of amides is 2. The molecule has 706 valence electrons. The number of aromatic nitrogens is 1. The Morgan fingerprint density at radius 2 is 1.07 bits per heavy atom. The minimum atomic E-state index is -5.71. The van der Waals surface area contributed by atoms with Crippen molar-refractivity contribution in [1.82, 2.24) is 15.6 Å². The van der Waals surface area contributed by atoms with Gasteiger partial charge in [0.25, 0.3) is 56.5 Å². The summed E-state index contributed by atoms with van der Waals surface area (Å²) in [7, 11) is -30.8. The van der Waals surface area contributed by atoms with Crippen LogP contribution in [-0.4, -0.2) is 243 Å². The molecule has 2 amide bonds. The topological polar surface area (TPSA) is 509 Å². The third kappa shape index (κ3) is 29.3. The summed E-state index contributed by atoms with van der Waals surface area (Å²) in [6, 6.07) is 23.2. The van der Waals surface area contributed by atoms with E-state index >= 15 is 0 Å². The van der Waals surface area contributed by atoms with Gasteiger partial charge in [0.1, 0.15) is 27.8 Å². The van der Waals surface area contributed by atoms with E-state index in [0.29, 0.717) is 94.5 Å². The number of hydrogen-bond donors (Lipinski definition) is 8. The van der Waals surface area contributed by atoms with Gasteiger partial charge in [0.15, 0.2) is 5.71 Å². The van der Waals surface area contributed by atoms with E-state index in [4.69, 9.17) is 43.6 Å². The van der Waals surface area contributed by atoms with E-state index in [9.17, 15) is 114 Å². The van der Waals surface area contributed by atoms with Gasteiger partial charge in [-0.05, 0) is 151 Å². The fourth-order valence-electron chi connectivity index (χ4n) is 14.4. The molecule has 9 rings (SSSR count). The van der Waals surface area contributed by atoms with Crippen LogP contribution in [0.25, 0.3) is 27.1 Å². The molecule has 1 aromatic heterocycles. The predicted molar refractivity (Wildman–Crippen MR) is 456 cm³/mol. The van der Waals surface area contributed by atoms with Gasteiger partial charge in [0.2, 0.25) is 17.5 Å². The van der Waals surface area contributed by atoms with Gasteiger partial charge < -0.3 is 63.3 Å². The number of fused-ring (bicyclic) bond motifs is 6. The van der Waals surface area contributed by atoms with Gasteiger partial charge in [-0.2, -0.15) is 81.4 Å². The van der Waals surface area contributed by atoms with E-state index in [-0.39, 0.29) is 164 Å². The number of aryl methyl sites for hydroxylation is 1. The lowest BCUT2D eigenvalue weighted by Crippen LogP contribution is -2.31. The van der Waals surface area contributed by atoms with Crippen LogP contribution in [0.1, 0.15) is 104 Å². The summed E-state index contributed by atoms with van der Waals surface area (Å²) in [6.45, 7) is 9.80. The Balaban J connectivity index is 0.779. The van der Waals surface area contributed by atoms with Crippen molar-refractivity contribution in [3.8, 4) is 11.6 Å². The van der Waals surface area contributed by atoms with Gasteiger partial charge >= 0.3 is 28.4 Å². The van der Waals surface area contributed by atoms with Gasteiger partial charge in [-0.1, -0.05) is 56.3 Å². The first-order valence-electron chi connectivity index (χ1n) is 39.8. The smallest absolute Gasteiger partial charge is 0.439 e. The number of unbranched alkanes of at least 4 members (excludes halogenated alkanes) is 1. The van der Waals surface area contributed by atoms with E-state index in [1.165, 1.54) is 65.6 Å². The van der Waals surface area contributed by atoms with Crippen LogP contribution in [0, 0.1) is 0 Å². The Labute approximate surface area is 740 Å². The van der Waals surface area contributed by atoms with E-state index < -0.39 is 146 Å². The molecular weight excluding hydrogens is 1840 g/mol. The molecule has 0 saturated carbocycles. The highest BCUT2D eigenvalue weighted by molar-refractivity contribution is 7.88. The summed E-state index contributed by atoms with van der Waals surface area (Å²) < 4.78 is 334. The summed E-state index contributed by atoms with van der Waals surface area (Å²) in [5.41, 5.74) is 4.59. The van der Waals surface area contributed by atoms with Crippen LogP contribution in [0.15, 0.2) is 159 Å². The number of ether oxygens (including phenoxy) is 8. The van der Waals surface area contributed by atoms with Crippen LogP contribution in [0.2, 0.25) is 0 Å². The maximum Gasteiger partial charge on any atom is 0.492 e. The quantitative estimate of drug-likeness (QED) is 0.00439. The average molecular weight is 1940 g/mol. The van der Waals surface area contributed by atoms with E-state index in [0.717, 1.165) is 23.8 Å². The molecule has 0 unspecified atom stereocenters. The van der Waals surface area contributed by atoms with Crippen LogP contribution >= 0.6 is 0 Å². The summed E-state index contributed by atoms with van der Waals surface area (Å²) >= 11 is 0. The number of rotatable bonds is 50. The largest absolute Gasteiger partial charge is 0.492 e. The van der Waals surface area contributed by atoms with Crippen molar-refractivity contribution in [2.75, 3.05) is 135 Å². The normalized spacial score (nSPS) is 14.9. The maximum absolute atomic E-state index is 13.3. The molecule has 47 heteroatoms. The molecule has 6 aromatic carbocycles. The van der Waals surface area contributed by atoms with Crippen molar-refractivity contribution in [3.05, 3.63) is 178 Å². The minimum Gasteiger partial charge on any atom is -0.439 e. The molecule has 0 aliphatic carbocycles. The number of anilines is 1. The molecule has 0 saturated heterocycles. The zero-order valence-corrected chi connectivity index (χ0v) is 74.9. The van der Waals surface area contributed by atoms with E-state index in [1.807, 2.05) is 0 Å². The second-order valence-electron chi connectivity index (χ2n) is 30.3. The number of allylic oxidation sites excluding steroid dienone is 6. The SMILES string of the molecule is CC1(C)C(=CC=C(C=CC2=[N+](CCCS(=O)(=O)O)c3ccc4c(S(=O)(=O)O)cc(S(=O)(=O)O)cc4c3C2(C)C)c2cccc(CCCCC(=O)NCCOCCOCCOCCOCCOCCOCCOCCNC(=O)c3cccc(Oc4cc(CN)cc(C(F)(F)F)n4)c3)c2)N(CCCS(=O)(=O)OC(=O)C(F)(F)F)c2ccc3c(S(=O)(=O)O)cc(S(=O)(=O)O)cc3c21. The Kier molecular flexibility index (Phi) is 35.5. The lowest BCUT2D eigenvalue weighted by atomic mass is 9.78. The van der Waals surface area contributed by atoms with Crippen LogP contribution in [-0.2, 0) is 138 Å². The number of hydrogen-bond acceptors (Lipinski definition) is 27. The van der Waals surface area contributed by atoms with Crippen molar-refractivity contribution in [2.24, 2.45) is 5.73 Å². The summed E-state index contributed by atoms with van der Waals surface area (Å²) in [4.78, 5) is 38.7. The molecule has 129 heavy (non-hydrogen) atoms. The maximum atomic E-state index is 13.3. The first-order chi connectivity index (χ1) is 60.4. The highest BCUT2D eigenvalue weighted by Crippen LogP contribution is 2.53. The molecule has 7 aromatic rings. The van der Waals surface area contributed by atoms with Crippen molar-refractivity contribution in [1.29, 1.82) is 0 Å². The molecule has 2 aliphatic heterocycles. The predicted octanol–water partition coefficient (Wildman–Crippen LogP) is 9.82. The number of benzene rings is 6. The third-order valence-electron chi connectivity index (χ3n) is 20.2. The number of pyridine rings is 1. The zero-order valence-electron chi connectivity index (χ0n) is 70.0. The monoisotopic (exact) mass is 1940 g/mol. The number of halogens is 6. The molecule has 0 atom stereocenters. The number of alkyl halides is 6. The standard InChI is InChI=1S/C82H96F6N6O29S6/c1-79(2)71(93(27-9-43-124(98,99)100)66-21-19-62-64(75(66)79)49-60(126(103,104)105)51-68(62)128(109,110)111)23-17-56(18-24-72-80(3,4)76-65-50-61(127(106,107)108)52-69(129(112,113)114)63(65)20-22-67(76)94(72)28-10-44-125(101,102)123-78(97)82(86,87)88)57-13-7-12-54(45-57)11-5-6-16-73(95)90-25-29-115-31-33-117-35-37-119-39-41-121-42-40-120-38-36-118-34-32-116-30-26-91-77(96)58-14-8-15-59(48-58)122-74-47-55(53-89)46-70(92-74)81(83,84)85/h7-8,12-15,17-24,45-52H,5-6,9-11,16,25-44,53,89H2,1-4H3,(H6-,90,91,95,96,98,99,100,103,104,105,106,107,108,109,110,111,112,113,114)/p+1. The Hall–Kier alpha value is -9.35. The molecule has 0 fully saturated rings. The highest BCUT2D eigenvalue weighted by atomic mass is 32.2. The van der Waals surface area contributed by atoms with Crippen molar-refractivity contribution >= 4 is 123 Å². The Bertz CT molecular complexity index is 6130. The number of nitrogens with two attached hydrogens (primary N) is 1. The van der Waals surface area contributed by atoms with Gasteiger partial charge in [0.05, 0.1) is 119 Å². The summed E-state index contributed by atoms with van der Waals surface area (Å²) in [5, 5.41) is 4.80. The Morgan fingerprint density at radius 3 is 1.60 bits per heavy atom. The lowest BCUT2D eigenvalue weighted by molar-refractivity contribution is -0.437. The van der Waals surface area contributed by atoms with Gasteiger partial charge in [-0.15, -0.1) is 0 Å². The highest BCUT2D eigenvalue weighted by Gasteiger charge is 2.48. The second kappa shape index (κ2) is 44.3. The number of carbonyl (C=O) groups excluding carboxylic acids is 3. The molecule has 9 N–H and O–H groups in total. The first kappa shape index (κ1) is 103. The zero-order chi connectivity index (χ0) is 94.7. The van der Waals surface area contributed by atoms with Gasteiger partial charge in [-0.3, -0.25) is 32.4 Å². The van der Waals surface area contributed by atoms with Crippen molar-refractivity contribution in [2.45, 2.75) is 116 Å². The van der Waals surface area contributed by atoms with Gasteiger partial charge in [-0.25, -0.2) is 9.78 Å².